The zero-order valence-corrected chi connectivity index (χ0v) is 13.3. The van der Waals surface area contributed by atoms with Crippen molar-refractivity contribution in [1.82, 2.24) is 0 Å². The van der Waals surface area contributed by atoms with E-state index in [4.69, 9.17) is 5.11 Å². The first-order valence-corrected chi connectivity index (χ1v) is 6.61. The molecule has 0 saturated carbocycles. The summed E-state index contributed by atoms with van der Waals surface area (Å²) in [6.45, 7) is 2.25. The number of hydrogen-bond acceptors (Lipinski definition) is 1. The second-order valence-electron chi connectivity index (χ2n) is 4.54. The second kappa shape index (κ2) is 11.4. The predicted octanol–water partition coefficient (Wildman–Crippen LogP) is 4.53. The van der Waals surface area contributed by atoms with E-state index in [1.54, 1.807) is 12.1 Å². The zero-order chi connectivity index (χ0) is 11.6. The van der Waals surface area contributed by atoms with E-state index in [-0.39, 0.29) is 40.6 Å². The van der Waals surface area contributed by atoms with E-state index in [2.05, 4.69) is 6.92 Å². The van der Waals surface area contributed by atoms with E-state index < -0.39 is 0 Å². The van der Waals surface area contributed by atoms with Gasteiger partial charge in [-0.3, -0.25) is 0 Å². The van der Waals surface area contributed by atoms with Crippen molar-refractivity contribution in [3.8, 4) is 5.75 Å². The third-order valence-corrected chi connectivity index (χ3v) is 3.01. The van der Waals surface area contributed by atoms with Crippen LogP contribution in [0.5, 0.6) is 5.75 Å². The van der Waals surface area contributed by atoms with Crippen LogP contribution in [0.25, 0.3) is 0 Å². The number of aryl methyl sites for hydroxylation is 1. The molecule has 0 unspecified atom stereocenters. The van der Waals surface area contributed by atoms with Crippen molar-refractivity contribution in [2.24, 2.45) is 0 Å². The number of phenolic OH excluding ortho intramolecular Hbond substituents is 1. The number of unbranched alkanes of at least 4 members (excludes halogenated alkanes) is 6. The third-order valence-electron chi connectivity index (χ3n) is 3.01. The van der Waals surface area contributed by atoms with Crippen LogP contribution < -0.4 is 0 Å². The summed E-state index contributed by atoms with van der Waals surface area (Å²) in [7, 11) is 0. The SMILES string of the molecule is CCCCCCCCCc1ccc(O)cc1.[Ca+2].[H-].[H-]. The van der Waals surface area contributed by atoms with Gasteiger partial charge in [-0.05, 0) is 30.5 Å². The van der Waals surface area contributed by atoms with Gasteiger partial charge in [-0.1, -0.05) is 57.6 Å². The summed E-state index contributed by atoms with van der Waals surface area (Å²) in [4.78, 5) is 0. The Balaban J connectivity index is -0.000000853. The van der Waals surface area contributed by atoms with Gasteiger partial charge < -0.3 is 7.96 Å². The minimum atomic E-state index is 0. The molecule has 0 saturated heterocycles. The predicted molar refractivity (Wildman–Crippen MR) is 77.8 cm³/mol. The molecule has 0 atom stereocenters. The Hall–Kier alpha value is 0.280. The number of rotatable bonds is 8. The Labute approximate surface area is 139 Å². The summed E-state index contributed by atoms with van der Waals surface area (Å²) < 4.78 is 0. The summed E-state index contributed by atoms with van der Waals surface area (Å²) >= 11 is 0. The zero-order valence-electron chi connectivity index (χ0n) is 13.1. The van der Waals surface area contributed by atoms with Gasteiger partial charge in [-0.25, -0.2) is 0 Å². The Morgan fingerprint density at radius 1 is 0.882 bits per heavy atom. The summed E-state index contributed by atoms with van der Waals surface area (Å²) in [5, 5.41) is 9.15. The van der Waals surface area contributed by atoms with Gasteiger partial charge in [0.05, 0.1) is 0 Å². The minimum Gasteiger partial charge on any atom is -1.00 e. The van der Waals surface area contributed by atoms with Crippen LogP contribution in [0.4, 0.5) is 0 Å². The van der Waals surface area contributed by atoms with Crippen molar-refractivity contribution in [2.45, 2.75) is 58.3 Å². The minimum absolute atomic E-state index is 0. The van der Waals surface area contributed by atoms with Gasteiger partial charge in [-0.15, -0.1) is 0 Å². The van der Waals surface area contributed by atoms with Crippen LogP contribution in [0.1, 0.15) is 60.3 Å². The van der Waals surface area contributed by atoms with Crippen LogP contribution in [0.15, 0.2) is 24.3 Å². The fraction of sp³-hybridized carbons (Fsp3) is 0.600. The first kappa shape index (κ1) is 17.3. The van der Waals surface area contributed by atoms with E-state index in [0.29, 0.717) is 5.75 Å². The van der Waals surface area contributed by atoms with E-state index in [0.717, 1.165) is 6.42 Å². The molecule has 1 nitrogen and oxygen atoms in total. The van der Waals surface area contributed by atoms with Gasteiger partial charge >= 0.3 is 37.7 Å². The average Bonchev–Trinajstić information content (AvgIpc) is 2.30. The molecule has 0 aliphatic carbocycles. The number of phenols is 1. The van der Waals surface area contributed by atoms with Gasteiger partial charge in [0.15, 0.2) is 0 Å². The van der Waals surface area contributed by atoms with E-state index in [1.165, 1.54) is 50.5 Å². The van der Waals surface area contributed by atoms with Crippen LogP contribution in [-0.4, -0.2) is 42.8 Å². The molecule has 2 heteroatoms. The van der Waals surface area contributed by atoms with Gasteiger partial charge in [0.2, 0.25) is 0 Å². The molecule has 0 aliphatic rings. The van der Waals surface area contributed by atoms with Gasteiger partial charge in [0.1, 0.15) is 5.75 Å². The van der Waals surface area contributed by atoms with Crippen LogP contribution >= 0.6 is 0 Å². The Bertz CT molecular complexity index is 278. The largest absolute Gasteiger partial charge is 2.00 e. The van der Waals surface area contributed by atoms with Gasteiger partial charge in [-0.2, -0.15) is 0 Å². The molecule has 0 aromatic heterocycles. The normalized spacial score (nSPS) is 9.94. The molecule has 0 radical (unpaired) electrons. The van der Waals surface area contributed by atoms with Crippen LogP contribution in [0.2, 0.25) is 0 Å². The Kier molecular flexibility index (Phi) is 11.6. The van der Waals surface area contributed by atoms with Crippen LogP contribution in [0, 0.1) is 0 Å². The fourth-order valence-corrected chi connectivity index (χ4v) is 1.95. The second-order valence-corrected chi connectivity index (χ2v) is 4.54. The van der Waals surface area contributed by atoms with Gasteiger partial charge in [0.25, 0.3) is 0 Å². The summed E-state index contributed by atoms with van der Waals surface area (Å²) in [5.74, 6) is 0.364. The topological polar surface area (TPSA) is 20.2 Å². The molecule has 0 amide bonds. The fourth-order valence-electron chi connectivity index (χ4n) is 1.95. The third kappa shape index (κ3) is 8.93. The molecular weight excluding hydrogens is 236 g/mol. The smallest absolute Gasteiger partial charge is 1.00 e. The average molecular weight is 262 g/mol. The van der Waals surface area contributed by atoms with Crippen molar-refractivity contribution in [1.29, 1.82) is 0 Å². The first-order valence-electron chi connectivity index (χ1n) is 6.61. The molecular formula is C15H26CaO. The summed E-state index contributed by atoms with van der Waals surface area (Å²) in [6.07, 6.45) is 10.6. The van der Waals surface area contributed by atoms with Crippen LogP contribution in [-0.2, 0) is 6.42 Å². The quantitative estimate of drug-likeness (QED) is 0.539. The van der Waals surface area contributed by atoms with Crippen molar-refractivity contribution < 1.29 is 7.96 Å². The van der Waals surface area contributed by atoms with E-state index in [1.807, 2.05) is 12.1 Å². The van der Waals surface area contributed by atoms with E-state index in [9.17, 15) is 0 Å². The van der Waals surface area contributed by atoms with Crippen molar-refractivity contribution in [3.63, 3.8) is 0 Å². The van der Waals surface area contributed by atoms with Crippen LogP contribution in [0.3, 0.4) is 0 Å². The molecule has 1 aromatic carbocycles. The number of aromatic hydroxyl groups is 1. The summed E-state index contributed by atoms with van der Waals surface area (Å²) in [6, 6.07) is 7.59. The molecule has 94 valence electrons. The summed E-state index contributed by atoms with van der Waals surface area (Å²) in [5.41, 5.74) is 1.34. The van der Waals surface area contributed by atoms with Crippen molar-refractivity contribution >= 4 is 37.7 Å². The monoisotopic (exact) mass is 262 g/mol. The molecule has 0 spiro atoms. The molecule has 0 bridgehead atoms. The Morgan fingerprint density at radius 3 is 2.00 bits per heavy atom. The van der Waals surface area contributed by atoms with Crippen molar-refractivity contribution in [3.05, 3.63) is 29.8 Å². The molecule has 1 rings (SSSR count). The van der Waals surface area contributed by atoms with Gasteiger partial charge in [0, 0.05) is 0 Å². The molecule has 0 heterocycles. The molecule has 1 N–H and O–H groups in total. The standard InChI is InChI=1S/C15H24O.Ca.2H/c1-2-3-4-5-6-7-8-9-14-10-12-15(16)13-11-14;;;/h10-13,16H,2-9H2,1H3;;;/q;+2;2*-1. The first-order chi connectivity index (χ1) is 7.83. The van der Waals surface area contributed by atoms with E-state index >= 15 is 0 Å². The molecule has 0 aliphatic heterocycles. The number of hydrogen-bond donors (Lipinski definition) is 1. The number of benzene rings is 1. The maximum atomic E-state index is 9.15. The molecule has 17 heavy (non-hydrogen) atoms. The molecule has 0 fully saturated rings. The molecule has 1 aromatic rings. The maximum Gasteiger partial charge on any atom is 2.00 e. The Morgan fingerprint density at radius 2 is 1.41 bits per heavy atom. The van der Waals surface area contributed by atoms with Crippen molar-refractivity contribution in [2.75, 3.05) is 0 Å². The maximum absolute atomic E-state index is 9.15.